The molecule has 1 aromatic rings. The maximum Gasteiger partial charge on any atom is 0.147 e. The van der Waals surface area contributed by atoms with E-state index in [1.54, 1.807) is 0 Å². The van der Waals surface area contributed by atoms with E-state index >= 15 is 0 Å². The second kappa shape index (κ2) is 4.17. The first kappa shape index (κ1) is 11.3. The lowest BCUT2D eigenvalue weighted by atomic mass is 10.4. The third-order valence-electron chi connectivity index (χ3n) is 2.31. The van der Waals surface area contributed by atoms with Gasteiger partial charge in [-0.05, 0) is 32.4 Å². The van der Waals surface area contributed by atoms with Gasteiger partial charge in [-0.15, -0.1) is 0 Å². The van der Waals surface area contributed by atoms with Crippen molar-refractivity contribution in [3.63, 3.8) is 0 Å². The van der Waals surface area contributed by atoms with E-state index in [0.717, 1.165) is 6.54 Å². The van der Waals surface area contributed by atoms with Crippen LogP contribution in [0.2, 0.25) is 0 Å². The van der Waals surface area contributed by atoms with Crippen molar-refractivity contribution in [1.82, 2.24) is 4.57 Å². The molecule has 80 valence electrons. The minimum atomic E-state index is -2.82. The van der Waals surface area contributed by atoms with Gasteiger partial charge in [-0.3, -0.25) is 0 Å². The molecule has 0 unspecified atom stereocenters. The average Bonchev–Trinajstić information content (AvgIpc) is 2.33. The molecule has 0 aliphatic rings. The van der Waals surface area contributed by atoms with Gasteiger partial charge < -0.3 is 4.57 Å². The van der Waals surface area contributed by atoms with E-state index in [1.807, 2.05) is 13.8 Å². The van der Waals surface area contributed by atoms with Crippen molar-refractivity contribution in [2.24, 2.45) is 0 Å². The zero-order valence-corrected chi connectivity index (χ0v) is 9.76. The van der Waals surface area contributed by atoms with Crippen LogP contribution in [0.5, 0.6) is 0 Å². The van der Waals surface area contributed by atoms with Gasteiger partial charge in [0, 0.05) is 24.2 Å². The molecule has 1 heterocycles. The van der Waals surface area contributed by atoms with Crippen LogP contribution in [-0.4, -0.2) is 25.0 Å². The van der Waals surface area contributed by atoms with Gasteiger partial charge in [-0.2, -0.15) is 0 Å². The Hall–Kier alpha value is -0.770. The van der Waals surface area contributed by atoms with Gasteiger partial charge >= 0.3 is 0 Å². The number of rotatable bonds is 4. The Morgan fingerprint density at radius 2 is 1.71 bits per heavy atom. The molecule has 4 heteroatoms. The highest BCUT2D eigenvalue weighted by Gasteiger charge is 2.04. The van der Waals surface area contributed by atoms with Gasteiger partial charge in [0.25, 0.3) is 0 Å². The first-order valence-electron chi connectivity index (χ1n) is 4.70. The molecule has 0 bridgehead atoms. The Morgan fingerprint density at radius 3 is 2.14 bits per heavy atom. The summed E-state index contributed by atoms with van der Waals surface area (Å²) in [6, 6.07) is 4.10. The molecule has 0 aliphatic carbocycles. The Balaban J connectivity index is 2.54. The van der Waals surface area contributed by atoms with Gasteiger partial charge in [-0.25, -0.2) is 8.42 Å². The lowest BCUT2D eigenvalue weighted by Crippen LogP contribution is -2.09. The summed E-state index contributed by atoms with van der Waals surface area (Å²) in [4.78, 5) is 0. The van der Waals surface area contributed by atoms with Crippen LogP contribution in [0.4, 0.5) is 0 Å². The average molecular weight is 215 g/mol. The van der Waals surface area contributed by atoms with Crippen molar-refractivity contribution in [3.8, 4) is 0 Å². The third kappa shape index (κ3) is 3.18. The first-order valence-corrected chi connectivity index (χ1v) is 6.76. The van der Waals surface area contributed by atoms with Crippen molar-refractivity contribution < 1.29 is 8.42 Å². The molecule has 0 fully saturated rings. The van der Waals surface area contributed by atoms with Crippen molar-refractivity contribution in [3.05, 3.63) is 23.5 Å². The summed E-state index contributed by atoms with van der Waals surface area (Å²) in [5, 5.41) is 0. The standard InChI is InChI=1S/C10H17NO2S/c1-9-5-6-10(2)11(9)7-4-8-14(3,12)13/h5-6H,4,7-8H2,1-3H3. The zero-order valence-electron chi connectivity index (χ0n) is 8.95. The summed E-state index contributed by atoms with van der Waals surface area (Å²) < 4.78 is 24.0. The number of hydrogen-bond donors (Lipinski definition) is 0. The molecule has 0 amide bonds. The molecule has 0 saturated heterocycles. The zero-order chi connectivity index (χ0) is 10.8. The predicted octanol–water partition coefficient (Wildman–Crippen LogP) is 1.54. The van der Waals surface area contributed by atoms with Gasteiger partial charge in [0.15, 0.2) is 0 Å². The molecule has 0 aliphatic heterocycles. The Kier molecular flexibility index (Phi) is 3.37. The molecule has 0 atom stereocenters. The molecule has 14 heavy (non-hydrogen) atoms. The number of hydrogen-bond acceptors (Lipinski definition) is 2. The Bertz CT molecular complexity index is 384. The largest absolute Gasteiger partial charge is 0.349 e. The minimum Gasteiger partial charge on any atom is -0.349 e. The maximum atomic E-state index is 10.9. The van der Waals surface area contributed by atoms with E-state index in [9.17, 15) is 8.42 Å². The van der Waals surface area contributed by atoms with Crippen LogP contribution < -0.4 is 0 Å². The molecule has 1 rings (SSSR count). The van der Waals surface area contributed by atoms with E-state index in [4.69, 9.17) is 0 Å². The van der Waals surface area contributed by atoms with E-state index in [1.165, 1.54) is 17.6 Å². The van der Waals surface area contributed by atoms with E-state index in [0.29, 0.717) is 6.42 Å². The molecule has 0 aromatic carbocycles. The smallest absolute Gasteiger partial charge is 0.147 e. The predicted molar refractivity (Wildman–Crippen MR) is 58.2 cm³/mol. The van der Waals surface area contributed by atoms with Crippen LogP contribution in [0.3, 0.4) is 0 Å². The maximum absolute atomic E-state index is 10.9. The molecule has 0 spiro atoms. The number of sulfone groups is 1. The molecular formula is C10H17NO2S. The number of nitrogens with zero attached hydrogens (tertiary/aromatic N) is 1. The molecule has 1 aromatic heterocycles. The molecular weight excluding hydrogens is 198 g/mol. The topological polar surface area (TPSA) is 39.1 Å². The van der Waals surface area contributed by atoms with Gasteiger partial charge in [0.1, 0.15) is 9.84 Å². The highest BCUT2D eigenvalue weighted by molar-refractivity contribution is 7.90. The highest BCUT2D eigenvalue weighted by atomic mass is 32.2. The van der Waals surface area contributed by atoms with Crippen LogP contribution in [-0.2, 0) is 16.4 Å². The third-order valence-corrected chi connectivity index (χ3v) is 3.34. The Morgan fingerprint density at radius 1 is 1.21 bits per heavy atom. The van der Waals surface area contributed by atoms with Gasteiger partial charge in [0.2, 0.25) is 0 Å². The van der Waals surface area contributed by atoms with Crippen LogP contribution in [0.1, 0.15) is 17.8 Å². The normalized spacial score (nSPS) is 11.9. The van der Waals surface area contributed by atoms with Crippen LogP contribution in [0.25, 0.3) is 0 Å². The van der Waals surface area contributed by atoms with Gasteiger partial charge in [0.05, 0.1) is 5.75 Å². The Labute approximate surface area is 85.7 Å². The van der Waals surface area contributed by atoms with Crippen LogP contribution in [0, 0.1) is 13.8 Å². The van der Waals surface area contributed by atoms with Crippen molar-refractivity contribution in [2.45, 2.75) is 26.8 Å². The molecule has 0 N–H and O–H groups in total. The molecule has 0 saturated carbocycles. The number of aryl methyl sites for hydroxylation is 2. The highest BCUT2D eigenvalue weighted by Crippen LogP contribution is 2.08. The van der Waals surface area contributed by atoms with Gasteiger partial charge in [-0.1, -0.05) is 0 Å². The minimum absolute atomic E-state index is 0.268. The summed E-state index contributed by atoms with van der Waals surface area (Å²) in [7, 11) is -2.82. The van der Waals surface area contributed by atoms with Crippen LogP contribution in [0.15, 0.2) is 12.1 Å². The second-order valence-electron chi connectivity index (χ2n) is 3.75. The lowest BCUT2D eigenvalue weighted by Gasteiger charge is -2.08. The summed E-state index contributed by atoms with van der Waals surface area (Å²) >= 11 is 0. The summed E-state index contributed by atoms with van der Waals surface area (Å²) in [5.74, 6) is 0.268. The SMILES string of the molecule is Cc1ccc(C)n1CCCS(C)(=O)=O. The summed E-state index contributed by atoms with van der Waals surface area (Å²) in [5.41, 5.74) is 2.38. The number of aromatic nitrogens is 1. The second-order valence-corrected chi connectivity index (χ2v) is 6.01. The van der Waals surface area contributed by atoms with E-state index < -0.39 is 9.84 Å². The fourth-order valence-electron chi connectivity index (χ4n) is 1.54. The molecule has 0 radical (unpaired) electrons. The quantitative estimate of drug-likeness (QED) is 0.764. The summed E-state index contributed by atoms with van der Waals surface area (Å²) in [6.07, 6.45) is 1.97. The summed E-state index contributed by atoms with van der Waals surface area (Å²) in [6.45, 7) is 4.86. The van der Waals surface area contributed by atoms with E-state index in [-0.39, 0.29) is 5.75 Å². The monoisotopic (exact) mass is 215 g/mol. The molecule has 3 nitrogen and oxygen atoms in total. The lowest BCUT2D eigenvalue weighted by molar-refractivity contribution is 0.588. The van der Waals surface area contributed by atoms with Crippen molar-refractivity contribution in [2.75, 3.05) is 12.0 Å². The van der Waals surface area contributed by atoms with Crippen molar-refractivity contribution in [1.29, 1.82) is 0 Å². The fourth-order valence-corrected chi connectivity index (χ4v) is 2.19. The van der Waals surface area contributed by atoms with Crippen LogP contribution >= 0.6 is 0 Å². The fraction of sp³-hybridized carbons (Fsp3) is 0.600. The van der Waals surface area contributed by atoms with Crippen molar-refractivity contribution >= 4 is 9.84 Å². The van der Waals surface area contributed by atoms with E-state index in [2.05, 4.69) is 16.7 Å². The first-order chi connectivity index (χ1) is 6.40.